The monoisotopic (exact) mass is 238 g/mol. The molecule has 14 heavy (non-hydrogen) atoms. The molecule has 0 aliphatic carbocycles. The van der Waals surface area contributed by atoms with Crippen LogP contribution in [-0.4, -0.2) is 60.2 Å². The fourth-order valence-corrected chi connectivity index (χ4v) is 1.71. The number of amides is 2. The van der Waals surface area contributed by atoms with Crippen LogP contribution in [0.4, 0.5) is 4.79 Å². The van der Waals surface area contributed by atoms with Crippen molar-refractivity contribution in [3.63, 3.8) is 0 Å². The Morgan fingerprint density at radius 2 is 2.43 bits per heavy atom. The number of carbonyl (C=O) groups excluding carboxylic acids is 1. The number of rotatable bonds is 2. The van der Waals surface area contributed by atoms with Crippen molar-refractivity contribution >= 4 is 66.3 Å². The number of hydroxylamine groups is 1. The van der Waals surface area contributed by atoms with Gasteiger partial charge in [-0.3, -0.25) is 5.21 Å². The summed E-state index contributed by atoms with van der Waals surface area (Å²) in [6.45, 7) is 0. The normalized spacial score (nSPS) is 9.36. The van der Waals surface area contributed by atoms with E-state index in [-0.39, 0.29) is 0 Å². The third-order valence-electron chi connectivity index (χ3n) is 1.28. The molecule has 4 N–H and O–H groups in total. The molecule has 6 heteroatoms. The number of nitrogens with two attached hydrogens (primary N) is 1. The first kappa shape index (κ1) is 14.3. The van der Waals surface area contributed by atoms with Gasteiger partial charge in [0.15, 0.2) is 0 Å². The van der Waals surface area contributed by atoms with E-state index in [1.807, 2.05) is 0 Å². The molecule has 0 aromatic carbocycles. The van der Waals surface area contributed by atoms with E-state index in [9.17, 15) is 4.79 Å². The Morgan fingerprint density at radius 1 is 1.79 bits per heavy atom. The first-order chi connectivity index (χ1) is 6.70. The molecular weight excluding hydrogens is 227 g/mol. The Morgan fingerprint density at radius 3 is 2.79 bits per heavy atom. The van der Waals surface area contributed by atoms with E-state index < -0.39 is 6.03 Å². The topological polar surface area (TPSA) is 75.4 Å². The number of thiophene rings is 1. The van der Waals surface area contributed by atoms with Crippen LogP contribution in [0.2, 0.25) is 0 Å². The zero-order valence-electron chi connectivity index (χ0n) is 7.93. The van der Waals surface area contributed by atoms with E-state index >= 15 is 0 Å². The van der Waals surface area contributed by atoms with E-state index in [1.54, 1.807) is 11.3 Å². The molecule has 2 amide bonds. The van der Waals surface area contributed by atoms with Crippen LogP contribution in [0.1, 0.15) is 5.56 Å². The summed E-state index contributed by atoms with van der Waals surface area (Å²) in [7, 11) is 0. The van der Waals surface area contributed by atoms with Crippen LogP contribution in [0.25, 0.3) is 0 Å². The molecule has 0 atom stereocenters. The van der Waals surface area contributed by atoms with Gasteiger partial charge in [-0.25, -0.2) is 10.3 Å². The minimum atomic E-state index is -0.940. The van der Waals surface area contributed by atoms with Crippen LogP contribution in [0.15, 0.2) is 23.1 Å². The molecule has 0 bridgehead atoms. The van der Waals surface area contributed by atoms with Crippen LogP contribution in [-0.2, 0) is 6.42 Å². The maximum atomic E-state index is 9.23. The van der Waals surface area contributed by atoms with Crippen molar-refractivity contribution < 1.29 is 10.0 Å². The van der Waals surface area contributed by atoms with E-state index in [1.165, 1.54) is 11.0 Å². The number of primary amides is 1. The number of allylic oxidation sites excluding steroid dienone is 1. The van der Waals surface area contributed by atoms with Crippen LogP contribution in [0.5, 0.6) is 0 Å². The number of urea groups is 1. The van der Waals surface area contributed by atoms with Gasteiger partial charge in [-0.15, -0.1) is 0 Å². The molecule has 0 radical (unpaired) electrons. The first-order valence-electron chi connectivity index (χ1n) is 4.02. The summed E-state index contributed by atoms with van der Waals surface area (Å²) >= 11 is 2.65. The molecule has 0 aliphatic rings. The zero-order valence-corrected chi connectivity index (χ0v) is 11.9. The number of hydrogen-bond donors (Lipinski definition) is 3. The molecule has 0 spiro atoms. The van der Waals surface area contributed by atoms with Crippen molar-refractivity contribution in [2.75, 3.05) is 0 Å². The van der Waals surface area contributed by atoms with Gasteiger partial charge >= 0.3 is 101 Å². The van der Waals surface area contributed by atoms with Crippen molar-refractivity contribution in [3.8, 4) is 0 Å². The molecule has 0 fully saturated rings. The second-order valence-corrected chi connectivity index (χ2v) is 4.20. The fourth-order valence-electron chi connectivity index (χ4n) is 0.663. The summed E-state index contributed by atoms with van der Waals surface area (Å²) in [6.07, 6.45) is 3.38. The molecule has 0 unspecified atom stereocenters. The summed E-state index contributed by atoms with van der Waals surface area (Å²) in [5, 5.41) is 11.7. The number of nitrogens with one attached hydrogen (secondary N) is 1. The summed E-state index contributed by atoms with van der Waals surface area (Å²) in [4.78, 5) is 9.23. The second-order valence-electron chi connectivity index (χ2n) is 2.38. The predicted molar refractivity (Wildman–Crippen MR) is 57.4 cm³/mol. The van der Waals surface area contributed by atoms with Gasteiger partial charge in [-0.1, -0.05) is 0 Å². The molecule has 72 valence electrons. The average Bonchev–Trinajstić information content (AvgIpc) is 2.68. The van der Waals surface area contributed by atoms with Crippen LogP contribution in [0.3, 0.4) is 0 Å². The number of carbonyl (C=O) groups is 1. The van der Waals surface area contributed by atoms with E-state index in [0.29, 0.717) is 0 Å². The van der Waals surface area contributed by atoms with E-state index in [0.717, 1.165) is 55.4 Å². The fraction of sp³-hybridized carbons (Fsp3) is 0.125. The SMILES string of the molecule is NC(=O)NO.[K][CH]=CCc1ccsc1. The van der Waals surface area contributed by atoms with E-state index in [4.69, 9.17) is 5.21 Å². The van der Waals surface area contributed by atoms with Gasteiger partial charge in [0.25, 0.3) is 0 Å². The first-order valence-corrected chi connectivity index (χ1v) is 6.77. The summed E-state index contributed by atoms with van der Waals surface area (Å²) in [6, 6.07) is 1.24. The Labute approximate surface area is 121 Å². The van der Waals surface area contributed by atoms with Gasteiger partial charge in [-0.05, 0) is 0 Å². The molecule has 1 heterocycles. The van der Waals surface area contributed by atoms with Gasteiger partial charge in [-0.2, -0.15) is 0 Å². The van der Waals surface area contributed by atoms with Crippen molar-refractivity contribution in [1.82, 2.24) is 5.48 Å². The van der Waals surface area contributed by atoms with Gasteiger partial charge in [0.2, 0.25) is 0 Å². The quantitative estimate of drug-likeness (QED) is 0.409. The Balaban J connectivity index is 0.000000292. The predicted octanol–water partition coefficient (Wildman–Crippen LogP) is 1.02. The summed E-state index contributed by atoms with van der Waals surface area (Å²) < 4.78 is 2.27. The Bertz CT molecular complexity index is 275. The average molecular weight is 238 g/mol. The van der Waals surface area contributed by atoms with Crippen molar-refractivity contribution in [2.24, 2.45) is 5.73 Å². The zero-order chi connectivity index (χ0) is 10.8. The Kier molecular flexibility index (Phi) is 10.1. The summed E-state index contributed by atoms with van der Waals surface area (Å²) in [5.41, 5.74) is 6.90. The van der Waals surface area contributed by atoms with Gasteiger partial charge < -0.3 is 5.73 Å². The molecule has 0 aliphatic heterocycles. The summed E-state index contributed by atoms with van der Waals surface area (Å²) in [5.74, 6) is 0. The molecule has 1 aromatic heterocycles. The second kappa shape index (κ2) is 9.85. The third-order valence-corrected chi connectivity index (χ3v) is 2.75. The van der Waals surface area contributed by atoms with Crippen LogP contribution >= 0.6 is 11.3 Å². The molecule has 1 aromatic rings. The van der Waals surface area contributed by atoms with E-state index in [2.05, 4.69) is 28.8 Å². The van der Waals surface area contributed by atoms with Gasteiger partial charge in [0.05, 0.1) is 0 Å². The van der Waals surface area contributed by atoms with Crippen LogP contribution in [0, 0.1) is 0 Å². The minimum absolute atomic E-state index is 0.878. The van der Waals surface area contributed by atoms with Crippen molar-refractivity contribution in [1.29, 1.82) is 0 Å². The van der Waals surface area contributed by atoms with Gasteiger partial charge in [0, 0.05) is 0 Å². The van der Waals surface area contributed by atoms with Crippen molar-refractivity contribution in [3.05, 3.63) is 28.6 Å². The molecule has 0 saturated heterocycles. The molecule has 1 rings (SSSR count). The van der Waals surface area contributed by atoms with Gasteiger partial charge in [0.1, 0.15) is 0 Å². The maximum absolute atomic E-state index is 9.23. The Hall–Kier alpha value is 0.306. The van der Waals surface area contributed by atoms with Crippen LogP contribution < -0.4 is 11.2 Å². The standard InChI is InChI=1S/C7H7S.CH4N2O2.K/c1-2-3-7-4-5-8-6-7;2-1(4)3-5;/h1-2,4-6H,3H2;5H,(H3,2,3,4);. The molecular formula is C8H11KN2O2S. The number of hydrogen-bond acceptors (Lipinski definition) is 3. The molecule has 4 nitrogen and oxygen atoms in total. The third kappa shape index (κ3) is 8.88. The van der Waals surface area contributed by atoms with Crippen molar-refractivity contribution in [2.45, 2.75) is 6.42 Å². The molecule has 0 saturated carbocycles.